The number of rotatable bonds is 9. The number of hydrogen-bond donors (Lipinski definition) is 1. The molecule has 8 nitrogen and oxygen atoms in total. The highest BCUT2D eigenvalue weighted by atomic mass is 127. The molecule has 48 heavy (non-hydrogen) atoms. The van der Waals surface area contributed by atoms with E-state index in [9.17, 15) is 14.0 Å². The summed E-state index contributed by atoms with van der Waals surface area (Å²) >= 11 is 2.38. The predicted molar refractivity (Wildman–Crippen MR) is 191 cm³/mol. The summed E-state index contributed by atoms with van der Waals surface area (Å²) < 4.78 is 43.4. The first kappa shape index (κ1) is 35.3. The van der Waals surface area contributed by atoms with Crippen LogP contribution < -0.4 is 15.0 Å². The van der Waals surface area contributed by atoms with Crippen molar-refractivity contribution in [1.29, 1.82) is 0 Å². The van der Waals surface area contributed by atoms with E-state index in [1.807, 2.05) is 37.3 Å². The number of nitrogens with one attached hydrogen (secondary N) is 1. The van der Waals surface area contributed by atoms with Crippen molar-refractivity contribution in [2.24, 2.45) is 5.92 Å². The second-order valence-electron chi connectivity index (χ2n) is 14.0. The third kappa shape index (κ3) is 7.19. The second kappa shape index (κ2) is 15.2. The molecule has 4 atom stereocenters. The number of piperidine rings is 1. The molecular weight excluding hydrogens is 729 g/mol. The van der Waals surface area contributed by atoms with Gasteiger partial charge in [-0.2, -0.15) is 0 Å². The van der Waals surface area contributed by atoms with Gasteiger partial charge < -0.3 is 24.6 Å². The molecule has 262 valence electrons. The number of likely N-dealkylation sites (tertiary alicyclic amines) is 2. The van der Waals surface area contributed by atoms with Gasteiger partial charge in [-0.05, 0) is 80.8 Å². The van der Waals surface area contributed by atoms with Crippen molar-refractivity contribution < 1.29 is 27.8 Å². The van der Waals surface area contributed by atoms with Gasteiger partial charge in [0.05, 0.1) is 13.2 Å². The van der Waals surface area contributed by atoms with E-state index >= 15 is 4.39 Å². The van der Waals surface area contributed by atoms with Crippen LogP contribution in [0, 0.1) is 11.7 Å². The zero-order valence-corrected chi connectivity index (χ0v) is 30.5. The van der Waals surface area contributed by atoms with Crippen molar-refractivity contribution in [3.63, 3.8) is 0 Å². The lowest BCUT2D eigenvalue weighted by atomic mass is 9.85. The van der Waals surface area contributed by atoms with E-state index in [-0.39, 0.29) is 46.2 Å². The number of amides is 2. The van der Waals surface area contributed by atoms with Crippen LogP contribution in [0.25, 0.3) is 0 Å². The molecule has 4 fully saturated rings. The minimum Gasteiger partial charge on any atom is -0.497 e. The van der Waals surface area contributed by atoms with E-state index in [2.05, 4.69) is 37.7 Å². The maximum atomic E-state index is 17.7. The molecule has 3 saturated heterocycles. The maximum Gasteiger partial charge on any atom is 0.262 e. The number of anilines is 1. The molecule has 0 bridgehead atoms. The van der Waals surface area contributed by atoms with Crippen LogP contribution in [0.5, 0.6) is 5.75 Å². The fourth-order valence-electron chi connectivity index (χ4n) is 8.49. The van der Waals surface area contributed by atoms with Crippen molar-refractivity contribution in [2.45, 2.75) is 79.0 Å². The molecular formula is C37H49F2IN4O4. The van der Waals surface area contributed by atoms with Crippen molar-refractivity contribution in [1.82, 2.24) is 15.1 Å². The Kier molecular flexibility index (Phi) is 11.2. The Bertz CT molecular complexity index is 1430. The zero-order valence-electron chi connectivity index (χ0n) is 28.3. The minimum atomic E-state index is -2.08. The van der Waals surface area contributed by atoms with Crippen LogP contribution in [-0.2, 0) is 14.3 Å². The molecule has 3 aliphatic heterocycles. The highest BCUT2D eigenvalue weighted by Crippen LogP contribution is 2.46. The van der Waals surface area contributed by atoms with Gasteiger partial charge in [-0.1, -0.05) is 40.8 Å². The number of benzene rings is 2. The van der Waals surface area contributed by atoms with Crippen molar-refractivity contribution in [2.75, 3.05) is 64.9 Å². The molecule has 2 aromatic carbocycles. The van der Waals surface area contributed by atoms with Gasteiger partial charge in [0.15, 0.2) is 0 Å². The highest BCUT2D eigenvalue weighted by Gasteiger charge is 2.57. The van der Waals surface area contributed by atoms with Crippen LogP contribution in [0.3, 0.4) is 0 Å². The Hall–Kier alpha value is -2.51. The van der Waals surface area contributed by atoms with Gasteiger partial charge in [0, 0.05) is 86.3 Å². The molecule has 1 aliphatic carbocycles. The monoisotopic (exact) mass is 778 g/mol. The molecule has 1 saturated carbocycles. The van der Waals surface area contributed by atoms with E-state index in [1.54, 1.807) is 25.2 Å². The highest BCUT2D eigenvalue weighted by molar-refractivity contribution is 14.1. The number of nitrogens with zero attached hydrogens (tertiary/aromatic N) is 3. The molecule has 11 heteroatoms. The smallest absolute Gasteiger partial charge is 0.262 e. The number of carbonyl (C=O) groups excluding carboxylic acids is 2. The van der Waals surface area contributed by atoms with E-state index in [4.69, 9.17) is 9.47 Å². The Morgan fingerprint density at radius 3 is 2.33 bits per heavy atom. The molecule has 0 spiro atoms. The summed E-state index contributed by atoms with van der Waals surface area (Å²) in [5.41, 5.74) is 0.517. The van der Waals surface area contributed by atoms with E-state index in [0.717, 1.165) is 42.5 Å². The van der Waals surface area contributed by atoms with Gasteiger partial charge in [0.25, 0.3) is 5.91 Å². The summed E-state index contributed by atoms with van der Waals surface area (Å²) in [4.78, 5) is 33.0. The second-order valence-corrected chi connectivity index (χ2v) is 15.6. The molecule has 1 N–H and O–H groups in total. The summed E-state index contributed by atoms with van der Waals surface area (Å²) in [6, 6.07) is 12.6. The molecule has 2 aromatic rings. The first-order valence-electron chi connectivity index (χ1n) is 17.5. The zero-order chi connectivity index (χ0) is 34.0. The first-order valence-corrected chi connectivity index (χ1v) is 18.7. The lowest BCUT2D eigenvalue weighted by molar-refractivity contribution is -0.143. The molecule has 0 unspecified atom stereocenters. The summed E-state index contributed by atoms with van der Waals surface area (Å²) in [6.07, 6.45) is 5.36. The Balaban J connectivity index is 1.22. The molecule has 0 aromatic heterocycles. The van der Waals surface area contributed by atoms with E-state index in [0.29, 0.717) is 57.9 Å². The predicted octanol–water partition coefficient (Wildman–Crippen LogP) is 5.68. The number of hydrogen-bond acceptors (Lipinski definition) is 6. The number of carbonyl (C=O) groups is 2. The third-order valence-corrected chi connectivity index (χ3v) is 12.5. The summed E-state index contributed by atoms with van der Waals surface area (Å²) in [7, 11) is 3.36. The van der Waals surface area contributed by atoms with Crippen LogP contribution >= 0.6 is 22.6 Å². The van der Waals surface area contributed by atoms with Gasteiger partial charge in [-0.25, -0.2) is 8.78 Å². The van der Waals surface area contributed by atoms with Crippen molar-refractivity contribution in [3.05, 3.63) is 59.4 Å². The van der Waals surface area contributed by atoms with Crippen LogP contribution in [0.1, 0.15) is 68.4 Å². The molecule has 0 radical (unpaired) electrons. The lowest BCUT2D eigenvalue weighted by Gasteiger charge is -2.35. The van der Waals surface area contributed by atoms with E-state index in [1.165, 1.54) is 6.07 Å². The average Bonchev–Trinajstić information content (AvgIpc) is 3.68. The minimum absolute atomic E-state index is 0.0356. The van der Waals surface area contributed by atoms with Crippen molar-refractivity contribution >= 4 is 40.1 Å². The maximum absolute atomic E-state index is 17.7. The fourth-order valence-corrected chi connectivity index (χ4v) is 9.58. The topological polar surface area (TPSA) is 74.4 Å². The Morgan fingerprint density at radius 2 is 1.69 bits per heavy atom. The summed E-state index contributed by atoms with van der Waals surface area (Å²) in [5.74, 6) is -0.712. The van der Waals surface area contributed by atoms with Crippen LogP contribution in [0.15, 0.2) is 42.5 Å². The molecule has 6 rings (SSSR count). The van der Waals surface area contributed by atoms with Gasteiger partial charge in [-0.15, -0.1) is 0 Å². The number of alkyl halides is 2. The largest absolute Gasteiger partial charge is 0.497 e. The third-order valence-electron chi connectivity index (χ3n) is 11.3. The summed E-state index contributed by atoms with van der Waals surface area (Å²) in [6.45, 7) is 5.19. The standard InChI is InChI=1S/C37H49F2IN4O4/c1-4-41-35(45)25-15-17-42(18-16-25)34-19-26(38)7-14-30(34)31-20-43(22-33(31)40)36(46)37(39)23-44(27-8-12-29(48-3)13-9-27)21-32(37)24-5-10-28(47-2)11-6-24/h5-7,10-11,14,19,25,27,29,31-33H,4,8-9,12-13,15-18,20-23H2,1-3H3,(H,41,45)/t27-,29-,31-,32+,33+,37+/m1/s1. The normalized spacial score (nSPS) is 30.1. The number of halogens is 3. The first-order chi connectivity index (χ1) is 23.1. The molecule has 4 aliphatic rings. The summed E-state index contributed by atoms with van der Waals surface area (Å²) in [5, 5.41) is 2.93. The molecule has 2 amide bonds. The SMILES string of the molecule is CCNC(=O)C1CCN(c2cc(F)ccc2[C@H]2CN(C(=O)[C@]3(F)CN([C@H]4CC[C@H](OC)CC4)C[C@H]3c3ccc(OC)cc3)C[C@@H]2I)CC1. The number of methoxy groups -OCH3 is 2. The van der Waals surface area contributed by atoms with Gasteiger partial charge in [-0.3, -0.25) is 14.5 Å². The fraction of sp³-hybridized carbons (Fsp3) is 0.622. The quantitative estimate of drug-likeness (QED) is 0.261. The van der Waals surface area contributed by atoms with Gasteiger partial charge in [0.1, 0.15) is 11.6 Å². The Morgan fingerprint density at radius 1 is 0.979 bits per heavy atom. The van der Waals surface area contributed by atoms with Gasteiger partial charge in [0.2, 0.25) is 11.6 Å². The van der Waals surface area contributed by atoms with E-state index < -0.39 is 17.5 Å². The van der Waals surface area contributed by atoms with Crippen LogP contribution in [0.4, 0.5) is 14.5 Å². The van der Waals surface area contributed by atoms with Crippen LogP contribution in [-0.4, -0.2) is 103 Å². The average molecular weight is 779 g/mol. The van der Waals surface area contributed by atoms with Gasteiger partial charge >= 0.3 is 0 Å². The molecule has 3 heterocycles. The van der Waals surface area contributed by atoms with Crippen molar-refractivity contribution in [3.8, 4) is 5.75 Å². The number of ether oxygens (including phenoxy) is 2. The Labute approximate surface area is 297 Å². The lowest BCUT2D eigenvalue weighted by Crippen LogP contribution is -2.50. The van der Waals surface area contributed by atoms with Crippen LogP contribution in [0.2, 0.25) is 0 Å².